The number of benzene rings is 2. The van der Waals surface area contributed by atoms with Crippen LogP contribution in [0.4, 0.5) is 5.69 Å². The summed E-state index contributed by atoms with van der Waals surface area (Å²) in [5.74, 6) is -1.65. The van der Waals surface area contributed by atoms with Crippen molar-refractivity contribution < 1.29 is 19.5 Å². The second-order valence-electron chi connectivity index (χ2n) is 6.32. The van der Waals surface area contributed by atoms with Crippen LogP contribution in [0.1, 0.15) is 32.8 Å². The monoisotopic (exact) mass is 392 g/mol. The highest BCUT2D eigenvalue weighted by Crippen LogP contribution is 2.16. The molecule has 1 heterocycles. The summed E-state index contributed by atoms with van der Waals surface area (Å²) in [6.45, 7) is 1.87. The highest BCUT2D eigenvalue weighted by atomic mass is 16.4. The van der Waals surface area contributed by atoms with Crippen molar-refractivity contribution in [3.05, 3.63) is 77.6 Å². The van der Waals surface area contributed by atoms with E-state index in [4.69, 9.17) is 5.11 Å². The SMILES string of the molecule is Cc1c(C(=O)Nc2ccc(C(=O)NCCC(=O)O)cc2)cnn1-c1ccccc1. The molecule has 0 fully saturated rings. The number of carbonyl (C=O) groups is 3. The zero-order chi connectivity index (χ0) is 20.8. The number of carboxylic acids is 1. The van der Waals surface area contributed by atoms with E-state index in [0.717, 1.165) is 5.69 Å². The minimum absolute atomic E-state index is 0.0529. The first-order valence-corrected chi connectivity index (χ1v) is 8.97. The Labute approximate surface area is 167 Å². The molecule has 0 spiro atoms. The third-order valence-electron chi connectivity index (χ3n) is 4.28. The van der Waals surface area contributed by atoms with Gasteiger partial charge in [-0.25, -0.2) is 4.68 Å². The number of carbonyl (C=O) groups excluding carboxylic acids is 2. The fourth-order valence-corrected chi connectivity index (χ4v) is 2.75. The molecule has 0 aliphatic heterocycles. The van der Waals surface area contributed by atoms with Crippen molar-refractivity contribution in [2.24, 2.45) is 0 Å². The molecule has 8 heteroatoms. The van der Waals surface area contributed by atoms with Gasteiger partial charge in [0, 0.05) is 17.8 Å². The summed E-state index contributed by atoms with van der Waals surface area (Å²) in [6.07, 6.45) is 1.37. The normalized spacial score (nSPS) is 10.4. The van der Waals surface area contributed by atoms with Gasteiger partial charge in [-0.15, -0.1) is 0 Å². The third-order valence-corrected chi connectivity index (χ3v) is 4.28. The maximum absolute atomic E-state index is 12.6. The molecule has 0 unspecified atom stereocenters. The number of aromatic nitrogens is 2. The minimum atomic E-state index is -0.978. The Morgan fingerprint density at radius 3 is 2.34 bits per heavy atom. The summed E-state index contributed by atoms with van der Waals surface area (Å²) in [4.78, 5) is 35.1. The average Bonchev–Trinajstić information content (AvgIpc) is 3.10. The van der Waals surface area contributed by atoms with Crippen LogP contribution in [0, 0.1) is 6.92 Å². The highest BCUT2D eigenvalue weighted by molar-refractivity contribution is 6.05. The van der Waals surface area contributed by atoms with Gasteiger partial charge in [0.2, 0.25) is 0 Å². The van der Waals surface area contributed by atoms with Crippen LogP contribution in [0.3, 0.4) is 0 Å². The molecule has 0 saturated heterocycles. The molecule has 8 nitrogen and oxygen atoms in total. The zero-order valence-electron chi connectivity index (χ0n) is 15.8. The third kappa shape index (κ3) is 4.86. The molecule has 3 rings (SSSR count). The summed E-state index contributed by atoms with van der Waals surface area (Å²) in [6, 6.07) is 15.9. The van der Waals surface area contributed by atoms with Crippen molar-refractivity contribution in [1.82, 2.24) is 15.1 Å². The molecule has 0 bridgehead atoms. The van der Waals surface area contributed by atoms with E-state index in [2.05, 4.69) is 15.7 Å². The summed E-state index contributed by atoms with van der Waals surface area (Å²) in [5.41, 5.74) is 2.93. The van der Waals surface area contributed by atoms with Crippen LogP contribution in [0.5, 0.6) is 0 Å². The van der Waals surface area contributed by atoms with E-state index >= 15 is 0 Å². The van der Waals surface area contributed by atoms with E-state index in [1.807, 2.05) is 37.3 Å². The summed E-state index contributed by atoms with van der Waals surface area (Å²) >= 11 is 0. The number of amides is 2. The van der Waals surface area contributed by atoms with Crippen molar-refractivity contribution in [3.8, 4) is 5.69 Å². The molecule has 0 saturated carbocycles. The van der Waals surface area contributed by atoms with E-state index in [1.54, 1.807) is 28.9 Å². The fraction of sp³-hybridized carbons (Fsp3) is 0.143. The molecule has 1 aromatic heterocycles. The molecule has 2 aromatic carbocycles. The maximum atomic E-state index is 12.6. The Bertz CT molecular complexity index is 1030. The van der Waals surface area contributed by atoms with Crippen LogP contribution < -0.4 is 10.6 Å². The lowest BCUT2D eigenvalue weighted by molar-refractivity contribution is -0.136. The largest absolute Gasteiger partial charge is 0.481 e. The van der Waals surface area contributed by atoms with Crippen LogP contribution in [-0.4, -0.2) is 39.2 Å². The maximum Gasteiger partial charge on any atom is 0.305 e. The van der Waals surface area contributed by atoms with E-state index in [0.29, 0.717) is 22.5 Å². The predicted molar refractivity (Wildman–Crippen MR) is 107 cm³/mol. The molecule has 0 aliphatic rings. The van der Waals surface area contributed by atoms with Crippen LogP contribution in [0.15, 0.2) is 60.8 Å². The molecular formula is C21H20N4O4. The van der Waals surface area contributed by atoms with Gasteiger partial charge in [0.25, 0.3) is 11.8 Å². The molecule has 3 N–H and O–H groups in total. The van der Waals surface area contributed by atoms with Crippen molar-refractivity contribution in [2.45, 2.75) is 13.3 Å². The molecule has 0 radical (unpaired) electrons. The van der Waals surface area contributed by atoms with Gasteiger partial charge >= 0.3 is 5.97 Å². The van der Waals surface area contributed by atoms with Crippen molar-refractivity contribution in [2.75, 3.05) is 11.9 Å². The highest BCUT2D eigenvalue weighted by Gasteiger charge is 2.15. The molecule has 3 aromatic rings. The summed E-state index contributed by atoms with van der Waals surface area (Å²) < 4.78 is 1.69. The first-order valence-electron chi connectivity index (χ1n) is 8.97. The topological polar surface area (TPSA) is 113 Å². The van der Waals surface area contributed by atoms with Crippen LogP contribution >= 0.6 is 0 Å². The average molecular weight is 392 g/mol. The Kier molecular flexibility index (Phi) is 6.03. The van der Waals surface area contributed by atoms with Gasteiger partial charge in [-0.1, -0.05) is 18.2 Å². The van der Waals surface area contributed by atoms with Gasteiger partial charge in [0.15, 0.2) is 0 Å². The minimum Gasteiger partial charge on any atom is -0.481 e. The predicted octanol–water partition coefficient (Wildman–Crippen LogP) is 2.64. The number of hydrogen-bond acceptors (Lipinski definition) is 4. The Morgan fingerprint density at radius 1 is 1.00 bits per heavy atom. The van der Waals surface area contributed by atoms with Gasteiger partial charge in [-0.05, 0) is 43.3 Å². The lowest BCUT2D eigenvalue weighted by Crippen LogP contribution is -2.25. The van der Waals surface area contributed by atoms with Crippen molar-refractivity contribution >= 4 is 23.5 Å². The molecular weight excluding hydrogens is 372 g/mol. The van der Waals surface area contributed by atoms with Crippen LogP contribution in [0.25, 0.3) is 5.69 Å². The van der Waals surface area contributed by atoms with Gasteiger partial charge in [-0.3, -0.25) is 14.4 Å². The van der Waals surface area contributed by atoms with Gasteiger partial charge in [-0.2, -0.15) is 5.10 Å². The van der Waals surface area contributed by atoms with Gasteiger partial charge in [0.1, 0.15) is 0 Å². The van der Waals surface area contributed by atoms with Crippen molar-refractivity contribution in [3.63, 3.8) is 0 Å². The summed E-state index contributed by atoms with van der Waals surface area (Å²) in [5, 5.41) is 18.2. The summed E-state index contributed by atoms with van der Waals surface area (Å²) in [7, 11) is 0. The number of para-hydroxylation sites is 1. The molecule has 2 amide bonds. The Morgan fingerprint density at radius 2 is 1.69 bits per heavy atom. The van der Waals surface area contributed by atoms with Gasteiger partial charge < -0.3 is 15.7 Å². The Balaban J connectivity index is 1.65. The number of hydrogen-bond donors (Lipinski definition) is 3. The quantitative estimate of drug-likeness (QED) is 0.572. The number of nitrogens with one attached hydrogen (secondary N) is 2. The first kappa shape index (κ1) is 19.8. The molecule has 29 heavy (non-hydrogen) atoms. The second-order valence-corrected chi connectivity index (χ2v) is 6.32. The lowest BCUT2D eigenvalue weighted by Gasteiger charge is -2.08. The van der Waals surface area contributed by atoms with Crippen molar-refractivity contribution in [1.29, 1.82) is 0 Å². The zero-order valence-corrected chi connectivity index (χ0v) is 15.8. The number of carboxylic acid groups (broad SMARTS) is 1. The van der Waals surface area contributed by atoms with Gasteiger partial charge in [0.05, 0.1) is 29.6 Å². The molecule has 148 valence electrons. The number of rotatable bonds is 7. The molecule has 0 aliphatic carbocycles. The first-order chi connectivity index (χ1) is 14.0. The number of aliphatic carboxylic acids is 1. The fourth-order valence-electron chi connectivity index (χ4n) is 2.75. The van der Waals surface area contributed by atoms with Crippen LogP contribution in [-0.2, 0) is 4.79 Å². The Hall–Kier alpha value is -3.94. The smallest absolute Gasteiger partial charge is 0.305 e. The second kappa shape index (κ2) is 8.83. The van der Waals surface area contributed by atoms with E-state index in [9.17, 15) is 14.4 Å². The standard InChI is InChI=1S/C21H20N4O4/c1-14-18(13-23-25(14)17-5-3-2-4-6-17)21(29)24-16-9-7-15(8-10-16)20(28)22-12-11-19(26)27/h2-10,13H,11-12H2,1H3,(H,22,28)(H,24,29)(H,26,27). The lowest BCUT2D eigenvalue weighted by atomic mass is 10.1. The van der Waals surface area contributed by atoms with E-state index < -0.39 is 5.97 Å². The van der Waals surface area contributed by atoms with Crippen LogP contribution in [0.2, 0.25) is 0 Å². The van der Waals surface area contributed by atoms with E-state index in [1.165, 1.54) is 6.20 Å². The number of anilines is 1. The van der Waals surface area contributed by atoms with E-state index in [-0.39, 0.29) is 24.8 Å². The number of nitrogens with zero attached hydrogens (tertiary/aromatic N) is 2. The molecule has 0 atom stereocenters.